The molecule has 12 N–H and O–H groups in total. The average Bonchev–Trinajstić information content (AvgIpc) is 1.96. The predicted octanol–water partition coefficient (Wildman–Crippen LogP) is -3.94. The van der Waals surface area contributed by atoms with E-state index in [2.05, 4.69) is 8.11 Å². The molecule has 0 aromatic carbocycles. The lowest BCUT2D eigenvalue weighted by atomic mass is 11.4. The molecule has 0 aliphatic carbocycles. The minimum atomic E-state index is -1.63. The lowest BCUT2D eigenvalue weighted by molar-refractivity contribution is -1.56. The molecule has 14 nitrogen and oxygen atoms in total. The number of nitrogens with two attached hydrogens (primary N) is 6. The first kappa shape index (κ1) is 17.2. The van der Waals surface area contributed by atoms with Gasteiger partial charge >= 0.3 is 0 Å². The van der Waals surface area contributed by atoms with Gasteiger partial charge in [-0.3, -0.25) is 0 Å². The van der Waals surface area contributed by atoms with Crippen LogP contribution in [0.25, 0.3) is 0 Å². The monoisotopic (exact) mass is 373 g/mol. The molecule has 0 aliphatic heterocycles. The van der Waals surface area contributed by atoms with E-state index >= 15 is 0 Å². The number of nitrogens with zero attached hydrogens (tertiary/aromatic N) is 4. The number of quaternary nitrogens is 3. The number of rotatable bonds is 7. The first-order valence-corrected chi connectivity index (χ1v) is 4.76. The third-order valence-corrected chi connectivity index (χ3v) is 1.56. The SMILES string of the molecule is CN(N)O[N+](C)(N)O[N+](N)(N)O[N+](N)(N)OI. The highest BCUT2D eigenvalue weighted by Gasteiger charge is 2.48. The van der Waals surface area contributed by atoms with Gasteiger partial charge in [0.2, 0.25) is 28.0 Å². The van der Waals surface area contributed by atoms with Gasteiger partial charge in [0.1, 0.15) is 9.86 Å². The molecule has 0 spiro atoms. The summed E-state index contributed by atoms with van der Waals surface area (Å²) in [6.07, 6.45) is 0. The summed E-state index contributed by atoms with van der Waals surface area (Å²) in [5.41, 5.74) is 0. The second-order valence-electron chi connectivity index (χ2n) is 3.06. The maximum absolute atomic E-state index is 5.45. The normalized spacial score (nSPS) is 17.3. The van der Waals surface area contributed by atoms with Gasteiger partial charge < -0.3 is 0 Å². The van der Waals surface area contributed by atoms with Crippen LogP contribution in [0.5, 0.6) is 0 Å². The van der Waals surface area contributed by atoms with Gasteiger partial charge in [-0.1, -0.05) is 31.7 Å². The zero-order chi connectivity index (χ0) is 13.9. The van der Waals surface area contributed by atoms with Crippen molar-refractivity contribution in [3.63, 3.8) is 0 Å². The number of hydrogen-bond donors (Lipinski definition) is 6. The molecular formula is C2H18IN10O4+3. The number of hydrazine groups is 1. The van der Waals surface area contributed by atoms with E-state index in [9.17, 15) is 0 Å². The molecule has 0 radical (unpaired) electrons. The van der Waals surface area contributed by atoms with Crippen molar-refractivity contribution >= 4 is 23.0 Å². The molecule has 0 aromatic rings. The largest absolute Gasteiger partial charge is 0.240 e. The molecule has 0 fully saturated rings. The van der Waals surface area contributed by atoms with Gasteiger partial charge in [-0.2, -0.15) is 0 Å². The predicted molar refractivity (Wildman–Crippen MR) is 58.0 cm³/mol. The summed E-state index contributed by atoms with van der Waals surface area (Å²) in [4.78, 5) is 12.9. The zero-order valence-corrected chi connectivity index (χ0v) is 11.4. The van der Waals surface area contributed by atoms with E-state index in [1.807, 2.05) is 0 Å². The Bertz CT molecular complexity index is 244. The highest BCUT2D eigenvalue weighted by Crippen LogP contribution is 2.08. The van der Waals surface area contributed by atoms with Crippen molar-refractivity contribution in [2.75, 3.05) is 14.1 Å². The van der Waals surface area contributed by atoms with Crippen molar-refractivity contribution in [3.05, 3.63) is 0 Å². The van der Waals surface area contributed by atoms with Crippen LogP contribution in [0.4, 0.5) is 0 Å². The first-order chi connectivity index (χ1) is 7.39. The maximum atomic E-state index is 5.45. The van der Waals surface area contributed by atoms with Crippen LogP contribution >= 0.6 is 23.0 Å². The van der Waals surface area contributed by atoms with Crippen LogP contribution in [0, 0.1) is 0 Å². The summed E-state index contributed by atoms with van der Waals surface area (Å²) < 4.78 is 4.43. The fourth-order valence-electron chi connectivity index (χ4n) is 0.751. The summed E-state index contributed by atoms with van der Waals surface area (Å²) in [6.45, 7) is 0. The van der Waals surface area contributed by atoms with Gasteiger partial charge in [0.05, 0.1) is 0 Å². The minimum Gasteiger partial charge on any atom is -0.240 e. The van der Waals surface area contributed by atoms with Crippen LogP contribution in [0.3, 0.4) is 0 Å². The third-order valence-electron chi connectivity index (χ3n) is 0.944. The van der Waals surface area contributed by atoms with Gasteiger partial charge in [-0.15, -0.1) is 5.84 Å². The Morgan fingerprint density at radius 1 is 1.00 bits per heavy atom. The van der Waals surface area contributed by atoms with Crippen LogP contribution < -0.4 is 35.1 Å². The Labute approximate surface area is 111 Å². The van der Waals surface area contributed by atoms with Crippen LogP contribution in [0.1, 0.15) is 0 Å². The van der Waals surface area contributed by atoms with Crippen molar-refractivity contribution in [2.24, 2.45) is 35.1 Å². The van der Waals surface area contributed by atoms with Crippen molar-refractivity contribution in [1.29, 1.82) is 0 Å². The smallest absolute Gasteiger partial charge is 0.223 e. The average molecular weight is 373 g/mol. The molecule has 0 saturated carbocycles. The topological polar surface area (TPSA) is 196 Å². The summed E-state index contributed by atoms with van der Waals surface area (Å²) >= 11 is 1.35. The summed E-state index contributed by atoms with van der Waals surface area (Å²) in [5, 5.41) is -2.33. The van der Waals surface area contributed by atoms with Crippen LogP contribution in [0.15, 0.2) is 0 Å². The van der Waals surface area contributed by atoms with Gasteiger partial charge in [0, 0.05) is 7.05 Å². The van der Waals surface area contributed by atoms with Crippen LogP contribution in [0.2, 0.25) is 0 Å². The zero-order valence-electron chi connectivity index (χ0n) is 9.26. The highest BCUT2D eigenvalue weighted by molar-refractivity contribution is 14.1. The van der Waals surface area contributed by atoms with Gasteiger partial charge in [0.15, 0.2) is 17.0 Å². The third kappa shape index (κ3) is 7.98. The van der Waals surface area contributed by atoms with Gasteiger partial charge in [-0.25, -0.2) is 5.84 Å². The molecule has 15 heteroatoms. The van der Waals surface area contributed by atoms with E-state index in [4.69, 9.17) is 44.9 Å². The van der Waals surface area contributed by atoms with Gasteiger partial charge in [0.25, 0.3) is 0 Å². The second-order valence-corrected chi connectivity index (χ2v) is 3.45. The molecule has 0 aliphatic rings. The fourth-order valence-corrected chi connectivity index (χ4v) is 0.823. The van der Waals surface area contributed by atoms with Crippen molar-refractivity contribution < 1.29 is 33.0 Å². The van der Waals surface area contributed by atoms with E-state index in [-0.39, 0.29) is 0 Å². The Hall–Kier alpha value is 0.170. The van der Waals surface area contributed by atoms with E-state index in [1.54, 1.807) is 0 Å². The van der Waals surface area contributed by atoms with E-state index < -0.39 is 15.0 Å². The van der Waals surface area contributed by atoms with Crippen molar-refractivity contribution in [2.45, 2.75) is 0 Å². The minimum absolute atomic E-state index is 0.752. The molecule has 0 heterocycles. The second kappa shape index (κ2) is 5.87. The first-order valence-electron chi connectivity index (χ1n) is 3.88. The number of hydroxylamine groups is 3. The van der Waals surface area contributed by atoms with Crippen molar-refractivity contribution in [3.8, 4) is 0 Å². The summed E-state index contributed by atoms with van der Waals surface area (Å²) in [7, 11) is 2.54. The molecule has 17 heavy (non-hydrogen) atoms. The number of hydrogen-bond acceptors (Lipinski definition) is 11. The molecular weight excluding hydrogens is 355 g/mol. The lowest BCUT2D eigenvalue weighted by Gasteiger charge is -2.26. The molecule has 104 valence electrons. The van der Waals surface area contributed by atoms with E-state index in [0.29, 0.717) is 0 Å². The number of halogens is 1. The molecule has 1 unspecified atom stereocenters. The quantitative estimate of drug-likeness (QED) is 0.110. The molecule has 0 saturated heterocycles. The highest BCUT2D eigenvalue weighted by atomic mass is 127. The Kier molecular flexibility index (Phi) is 5.93. The Morgan fingerprint density at radius 3 is 1.82 bits per heavy atom. The fraction of sp³-hybridized carbons (Fsp3) is 1.00. The standard InChI is InChI=1S/C2H18IN10O4/c1-10(4)15-11(2,5)16-13(8,9)17-12(6,7)14-3/h4-9H2,1-2H3/q+3. The Morgan fingerprint density at radius 2 is 1.47 bits per heavy atom. The van der Waals surface area contributed by atoms with E-state index in [1.165, 1.54) is 37.1 Å². The van der Waals surface area contributed by atoms with E-state index in [0.717, 1.165) is 5.17 Å². The Balaban J connectivity index is 4.53. The molecule has 1 atom stereocenters. The molecule has 0 aromatic heterocycles. The summed E-state index contributed by atoms with van der Waals surface area (Å²) in [6, 6.07) is 0. The summed E-state index contributed by atoms with van der Waals surface area (Å²) in [5.74, 6) is 31.7. The molecule has 0 amide bonds. The molecule has 0 rings (SSSR count). The van der Waals surface area contributed by atoms with Crippen LogP contribution in [-0.4, -0.2) is 34.2 Å². The van der Waals surface area contributed by atoms with Crippen LogP contribution in [-0.2, 0) is 18.0 Å². The maximum Gasteiger partial charge on any atom is 0.223 e. The molecule has 0 bridgehead atoms. The lowest BCUT2D eigenvalue weighted by Crippen LogP contribution is -2.76. The van der Waals surface area contributed by atoms with Crippen molar-refractivity contribution in [1.82, 2.24) is 5.17 Å². The van der Waals surface area contributed by atoms with Gasteiger partial charge in [-0.05, 0) is 4.94 Å².